The normalized spacial score (nSPS) is 14.8. The predicted octanol–water partition coefficient (Wildman–Crippen LogP) is 22.5. The summed E-state index contributed by atoms with van der Waals surface area (Å²) in [4.78, 5) is 5.26. The summed E-state index contributed by atoms with van der Waals surface area (Å²) in [5.41, 5.74) is 30.3. The average Bonchev–Trinajstić information content (AvgIpc) is 1.11. The van der Waals surface area contributed by atoms with Crippen LogP contribution in [0.25, 0.3) is 114 Å². The summed E-state index contributed by atoms with van der Waals surface area (Å²) in [5.74, 6) is 0.441. The molecule has 3 aromatic heterocycles. The average molecular weight is 1210 g/mol. The van der Waals surface area contributed by atoms with Crippen molar-refractivity contribution in [3.8, 4) is 50.2 Å². The van der Waals surface area contributed by atoms with Crippen molar-refractivity contribution < 1.29 is 4.42 Å². The van der Waals surface area contributed by atoms with Crippen LogP contribution in [0.1, 0.15) is 68.6 Å². The Balaban J connectivity index is 0.834. The van der Waals surface area contributed by atoms with E-state index < -0.39 is 0 Å². The molecule has 0 spiro atoms. The van der Waals surface area contributed by atoms with Gasteiger partial charge in [-0.25, -0.2) is 0 Å². The Morgan fingerprint density at radius 2 is 0.935 bits per heavy atom. The van der Waals surface area contributed by atoms with Gasteiger partial charge >= 0.3 is 0 Å². The van der Waals surface area contributed by atoms with E-state index >= 15 is 0 Å². The van der Waals surface area contributed by atoms with Crippen LogP contribution >= 0.6 is 11.3 Å². The number of thiophene rings is 1. The largest absolute Gasteiger partial charge is 0.455 e. The van der Waals surface area contributed by atoms with E-state index in [2.05, 4.69) is 301 Å². The van der Waals surface area contributed by atoms with E-state index in [0.29, 0.717) is 5.92 Å². The molecule has 0 saturated heterocycles. The zero-order valence-electron chi connectivity index (χ0n) is 51.8. The number of hydrogen-bond donors (Lipinski definition) is 0. The van der Waals surface area contributed by atoms with Gasteiger partial charge in [0.2, 0.25) is 0 Å². The lowest BCUT2D eigenvalue weighted by atomic mass is 9.33. The Morgan fingerprint density at radius 3 is 1.66 bits per heavy atom. The van der Waals surface area contributed by atoms with Crippen LogP contribution in [0.15, 0.2) is 277 Å². The summed E-state index contributed by atoms with van der Waals surface area (Å²) in [5, 5.41) is 7.39. The minimum absolute atomic E-state index is 0.0951. The fourth-order valence-corrected chi connectivity index (χ4v) is 18.4. The second-order valence-electron chi connectivity index (χ2n) is 26.9. The third kappa shape index (κ3) is 7.85. The second kappa shape index (κ2) is 20.2. The molecule has 2 aliphatic carbocycles. The van der Waals surface area contributed by atoms with Crippen molar-refractivity contribution in [1.29, 1.82) is 0 Å². The molecule has 1 saturated carbocycles. The molecule has 16 aromatic rings. The molecule has 440 valence electrons. The smallest absolute Gasteiger partial charge is 0.252 e. The molecule has 6 heteroatoms. The maximum absolute atomic E-state index is 6.88. The van der Waals surface area contributed by atoms with Crippen molar-refractivity contribution in [1.82, 2.24) is 4.57 Å². The maximum Gasteiger partial charge on any atom is 0.252 e. The number of anilines is 6. The van der Waals surface area contributed by atoms with Crippen LogP contribution in [0.4, 0.5) is 34.1 Å². The second-order valence-corrected chi connectivity index (χ2v) is 27.9. The first-order valence-electron chi connectivity index (χ1n) is 33.2. The summed E-state index contributed by atoms with van der Waals surface area (Å²) < 4.78 is 11.9. The van der Waals surface area contributed by atoms with Crippen LogP contribution in [0.2, 0.25) is 0 Å². The van der Waals surface area contributed by atoms with Gasteiger partial charge in [-0.3, -0.25) is 0 Å². The molecule has 1 fully saturated rings. The molecule has 0 radical (unpaired) electrons. The van der Waals surface area contributed by atoms with Crippen LogP contribution in [0, 0.1) is 0 Å². The Labute approximate surface area is 544 Å². The fourth-order valence-electron chi connectivity index (χ4n) is 17.2. The molecule has 0 N–H and O–H groups in total. The molecule has 0 amide bonds. The fraction of sp³-hybridized carbons (Fsp3) is 0.103. The highest BCUT2D eigenvalue weighted by Gasteiger charge is 2.45. The van der Waals surface area contributed by atoms with Gasteiger partial charge in [-0.05, 0) is 182 Å². The van der Waals surface area contributed by atoms with Gasteiger partial charge in [-0.2, -0.15) is 0 Å². The molecule has 4 nitrogen and oxygen atoms in total. The lowest BCUT2D eigenvalue weighted by Crippen LogP contribution is -2.61. The number of nitrogens with zero attached hydrogens (tertiary/aromatic N) is 3. The zero-order valence-corrected chi connectivity index (χ0v) is 52.6. The zero-order chi connectivity index (χ0) is 61.2. The quantitative estimate of drug-likeness (QED) is 0.149. The molecule has 93 heavy (non-hydrogen) atoms. The van der Waals surface area contributed by atoms with Gasteiger partial charge in [0.1, 0.15) is 11.2 Å². The van der Waals surface area contributed by atoms with E-state index in [1.807, 2.05) is 11.3 Å². The van der Waals surface area contributed by atoms with Crippen LogP contribution in [-0.2, 0) is 5.41 Å². The van der Waals surface area contributed by atoms with Crippen molar-refractivity contribution in [2.75, 3.05) is 9.80 Å². The lowest BCUT2D eigenvalue weighted by Gasteiger charge is -2.45. The first-order chi connectivity index (χ1) is 45.9. The minimum atomic E-state index is -0.140. The van der Waals surface area contributed by atoms with Crippen molar-refractivity contribution in [2.45, 2.75) is 57.3 Å². The highest BCUT2D eigenvalue weighted by atomic mass is 32.1. The molecule has 0 bridgehead atoms. The molecule has 0 unspecified atom stereocenters. The van der Waals surface area contributed by atoms with E-state index in [-0.39, 0.29) is 12.1 Å². The third-order valence-corrected chi connectivity index (χ3v) is 22.8. The van der Waals surface area contributed by atoms with Gasteiger partial charge in [0.05, 0.1) is 11.0 Å². The number of fused-ring (bicyclic) bond motifs is 16. The molecular formula is C87H62BN3OS. The summed E-state index contributed by atoms with van der Waals surface area (Å²) in [7, 11) is 0. The minimum Gasteiger partial charge on any atom is -0.455 e. The first-order valence-corrected chi connectivity index (χ1v) is 34.0. The van der Waals surface area contributed by atoms with E-state index in [9.17, 15) is 0 Å². The topological polar surface area (TPSA) is 24.6 Å². The number of rotatable bonds is 7. The van der Waals surface area contributed by atoms with E-state index in [0.717, 1.165) is 50.1 Å². The van der Waals surface area contributed by atoms with Crippen molar-refractivity contribution in [3.63, 3.8) is 0 Å². The van der Waals surface area contributed by atoms with Gasteiger partial charge < -0.3 is 18.8 Å². The number of benzene rings is 13. The summed E-state index contributed by atoms with van der Waals surface area (Å²) in [6.45, 7) is 4.62. The molecule has 4 aliphatic rings. The predicted molar refractivity (Wildman–Crippen MR) is 395 cm³/mol. The first kappa shape index (κ1) is 53.1. The molecule has 2 aliphatic heterocycles. The Hall–Kier alpha value is -10.7. The lowest BCUT2D eigenvalue weighted by molar-refractivity contribution is 0.444. The van der Waals surface area contributed by atoms with Crippen molar-refractivity contribution >= 4 is 132 Å². The highest BCUT2D eigenvalue weighted by molar-refractivity contribution is 7.26. The van der Waals surface area contributed by atoms with Crippen LogP contribution in [-0.4, -0.2) is 11.3 Å². The van der Waals surface area contributed by atoms with Gasteiger partial charge in [-0.1, -0.05) is 215 Å². The monoisotopic (exact) mass is 1210 g/mol. The van der Waals surface area contributed by atoms with Crippen LogP contribution in [0.5, 0.6) is 0 Å². The summed E-state index contributed by atoms with van der Waals surface area (Å²) >= 11 is 1.91. The van der Waals surface area contributed by atoms with E-state index in [1.165, 1.54) is 163 Å². The van der Waals surface area contributed by atoms with Gasteiger partial charge in [-0.15, -0.1) is 11.3 Å². The SMILES string of the molecule is CC1(C)c2ccccc2-c2ccc(-c3ccc(N4c5ccc(-c6cccc7c6sc6ccccc67)cc5B5c6cc(-c7cccc8c7oc7ccccc78)ccc6N(c6ccc(-n7c8ccccc8c8ccccc87)cc6)c6cc(C7CCCCC7)cc4c65)cc3)cc21. The molecule has 0 atom stereocenters. The molecule has 5 heterocycles. The number of hydrogen-bond acceptors (Lipinski definition) is 4. The van der Waals surface area contributed by atoms with Gasteiger partial charge in [0.25, 0.3) is 6.71 Å². The van der Waals surface area contributed by atoms with Crippen LogP contribution < -0.4 is 26.2 Å². The Kier molecular flexibility index (Phi) is 11.5. The van der Waals surface area contributed by atoms with Crippen LogP contribution in [0.3, 0.4) is 0 Å². The Morgan fingerprint density at radius 1 is 0.398 bits per heavy atom. The standard InChI is InChI=1S/C87H62BN3OS/c1-87(2)72-29-11-6-20-64(72)65-45-36-55(48-73(65)87)54-34-39-59(40-35-54)90-79-47-38-57(63-26-17-28-71-69-24-10-15-33-83(69)93-86(63)71)50-75(79)88-74-49-56(62-25-16-27-70-68-23-9-14-32-82(68)92-85(62)70)37-46-78(74)91(81-52-58(51-80(90)84(81)88)53-18-4-3-5-19-53)61-43-41-60(42-44-61)89-76-30-12-7-21-66(76)67-22-8-13-31-77(67)89/h6-17,20-53H,3-5,18-19H2,1-2H3. The third-order valence-electron chi connectivity index (χ3n) is 21.6. The summed E-state index contributed by atoms with van der Waals surface area (Å²) in [6.07, 6.45) is 6.14. The molecular weight excluding hydrogens is 1150 g/mol. The van der Waals surface area contributed by atoms with Gasteiger partial charge in [0.15, 0.2) is 0 Å². The van der Waals surface area contributed by atoms with Crippen molar-refractivity contribution in [2.24, 2.45) is 0 Å². The highest BCUT2D eigenvalue weighted by Crippen LogP contribution is 2.52. The van der Waals surface area contributed by atoms with Crippen molar-refractivity contribution in [3.05, 3.63) is 290 Å². The van der Waals surface area contributed by atoms with E-state index in [4.69, 9.17) is 4.42 Å². The number of furan rings is 1. The maximum atomic E-state index is 6.88. The van der Waals surface area contributed by atoms with Gasteiger partial charge in [0, 0.05) is 92.5 Å². The molecule has 20 rings (SSSR count). The summed E-state index contributed by atoms with van der Waals surface area (Å²) in [6, 6.07) is 104. The Bertz CT molecular complexity index is 5750. The number of aromatic nitrogens is 1. The molecule has 13 aromatic carbocycles. The van der Waals surface area contributed by atoms with E-state index in [1.54, 1.807) is 0 Å². The number of para-hydroxylation sites is 4.